The Morgan fingerprint density at radius 1 is 1.03 bits per heavy atom. The van der Waals surface area contributed by atoms with Crippen LogP contribution in [0.2, 0.25) is 0 Å². The van der Waals surface area contributed by atoms with Crippen molar-refractivity contribution >= 4 is 16.5 Å². The number of rotatable bonds is 4. The Balaban J connectivity index is 1.62. The minimum absolute atomic E-state index is 0.349. The molecule has 2 fully saturated rings. The molecule has 0 bridgehead atoms. The average molecular weight is 487 g/mol. The normalized spacial score (nSPS) is 18.4. The molecule has 1 saturated carbocycles. The number of nitrogens with zero attached hydrogens (tertiary/aromatic N) is 5. The van der Waals surface area contributed by atoms with Gasteiger partial charge in [0, 0.05) is 43.5 Å². The lowest BCUT2D eigenvalue weighted by Crippen LogP contribution is -2.44. The highest BCUT2D eigenvalue weighted by atomic mass is 32.1. The predicted octanol–water partition coefficient (Wildman–Crippen LogP) is 5.89. The van der Waals surface area contributed by atoms with E-state index in [4.69, 9.17) is 4.98 Å². The highest BCUT2D eigenvalue weighted by molar-refractivity contribution is 7.19. The first-order valence-corrected chi connectivity index (χ1v) is 12.6. The maximum Gasteiger partial charge on any atom is 0.416 e. The van der Waals surface area contributed by atoms with Crippen LogP contribution in [0.3, 0.4) is 0 Å². The topological polar surface area (TPSA) is 45.2 Å². The zero-order chi connectivity index (χ0) is 23.7. The molecule has 179 valence electrons. The summed E-state index contributed by atoms with van der Waals surface area (Å²) in [5.74, 6) is 0.349. The second kappa shape index (κ2) is 9.62. The first kappa shape index (κ1) is 23.2. The van der Waals surface area contributed by atoms with Gasteiger partial charge in [-0.25, -0.2) is 15.0 Å². The quantitative estimate of drug-likeness (QED) is 0.461. The molecule has 3 aromatic rings. The number of halogens is 3. The SMILES string of the molecule is CN1CCN(c2nc(-c3cccc(C(F)(F)F)c3)c(-c3n[c]ncc3C3CCCCC3)s2)CC1. The van der Waals surface area contributed by atoms with E-state index in [0.717, 1.165) is 66.4 Å². The minimum Gasteiger partial charge on any atom is -0.345 e. The third kappa shape index (κ3) is 4.81. The zero-order valence-corrected chi connectivity index (χ0v) is 19.9. The van der Waals surface area contributed by atoms with Gasteiger partial charge in [-0.1, -0.05) is 42.7 Å². The number of aromatic nitrogens is 3. The van der Waals surface area contributed by atoms with Gasteiger partial charge in [0.25, 0.3) is 0 Å². The number of hydrogen-bond acceptors (Lipinski definition) is 6. The third-order valence-corrected chi connectivity index (χ3v) is 7.93. The van der Waals surface area contributed by atoms with Gasteiger partial charge in [0.2, 0.25) is 0 Å². The number of thiazole rings is 1. The molecule has 0 N–H and O–H groups in total. The van der Waals surface area contributed by atoms with Crippen LogP contribution >= 0.6 is 11.3 Å². The lowest BCUT2D eigenvalue weighted by Gasteiger charge is -2.32. The Morgan fingerprint density at radius 2 is 1.79 bits per heavy atom. The smallest absolute Gasteiger partial charge is 0.345 e. The van der Waals surface area contributed by atoms with Crippen LogP contribution in [0.5, 0.6) is 0 Å². The van der Waals surface area contributed by atoms with Gasteiger partial charge in [-0.3, -0.25) is 0 Å². The molecule has 0 atom stereocenters. The van der Waals surface area contributed by atoms with Crippen LogP contribution in [0, 0.1) is 6.33 Å². The molecule has 5 nitrogen and oxygen atoms in total. The molecule has 0 unspecified atom stereocenters. The summed E-state index contributed by atoms with van der Waals surface area (Å²) >= 11 is 1.51. The van der Waals surface area contributed by atoms with Crippen molar-refractivity contribution < 1.29 is 13.2 Å². The number of hydrogen-bond donors (Lipinski definition) is 0. The van der Waals surface area contributed by atoms with E-state index in [0.29, 0.717) is 17.2 Å². The van der Waals surface area contributed by atoms with Crippen LogP contribution in [0.1, 0.15) is 49.1 Å². The van der Waals surface area contributed by atoms with E-state index in [1.165, 1.54) is 42.7 Å². The molecule has 9 heteroatoms. The van der Waals surface area contributed by atoms with Crippen LogP contribution in [-0.4, -0.2) is 53.1 Å². The molecular formula is C25H27F3N5S. The fraction of sp³-hybridized carbons (Fsp3) is 0.480. The lowest BCUT2D eigenvalue weighted by atomic mass is 9.83. The first-order valence-electron chi connectivity index (χ1n) is 11.8. The fourth-order valence-electron chi connectivity index (χ4n) is 4.84. The summed E-state index contributed by atoms with van der Waals surface area (Å²) < 4.78 is 40.5. The van der Waals surface area contributed by atoms with Crippen LogP contribution in [0.4, 0.5) is 18.3 Å². The summed E-state index contributed by atoms with van der Waals surface area (Å²) in [6, 6.07) is 5.44. The first-order chi connectivity index (χ1) is 16.4. The van der Waals surface area contributed by atoms with Gasteiger partial charge in [0.05, 0.1) is 21.8 Å². The summed E-state index contributed by atoms with van der Waals surface area (Å²) in [4.78, 5) is 18.9. The van der Waals surface area contributed by atoms with E-state index in [-0.39, 0.29) is 0 Å². The van der Waals surface area contributed by atoms with Crippen molar-refractivity contribution in [2.75, 3.05) is 38.1 Å². The van der Waals surface area contributed by atoms with Crippen molar-refractivity contribution in [2.45, 2.75) is 44.2 Å². The monoisotopic (exact) mass is 486 g/mol. The van der Waals surface area contributed by atoms with E-state index in [9.17, 15) is 13.2 Å². The summed E-state index contributed by atoms with van der Waals surface area (Å²) in [6.07, 6.45) is 5.86. The van der Waals surface area contributed by atoms with Gasteiger partial charge in [-0.05, 0) is 37.9 Å². The van der Waals surface area contributed by atoms with Gasteiger partial charge in [0.15, 0.2) is 11.5 Å². The van der Waals surface area contributed by atoms with Crippen LogP contribution in [0.15, 0.2) is 30.5 Å². The van der Waals surface area contributed by atoms with Gasteiger partial charge in [-0.15, -0.1) is 0 Å². The minimum atomic E-state index is -4.41. The van der Waals surface area contributed by atoms with E-state index < -0.39 is 11.7 Å². The van der Waals surface area contributed by atoms with E-state index in [1.54, 1.807) is 6.07 Å². The summed E-state index contributed by atoms with van der Waals surface area (Å²) in [7, 11) is 2.09. The Labute approximate surface area is 201 Å². The molecule has 2 aliphatic rings. The molecule has 3 heterocycles. The lowest BCUT2D eigenvalue weighted by molar-refractivity contribution is -0.137. The van der Waals surface area contributed by atoms with Gasteiger partial charge in [-0.2, -0.15) is 13.2 Å². The summed E-state index contributed by atoms with van der Waals surface area (Å²) in [5.41, 5.74) is 2.14. The molecule has 1 aromatic carbocycles. The maximum atomic E-state index is 13.5. The summed E-state index contributed by atoms with van der Waals surface area (Å²) in [5, 5.41) is 0.823. The average Bonchev–Trinajstić information content (AvgIpc) is 3.30. The predicted molar refractivity (Wildman–Crippen MR) is 128 cm³/mol. The molecule has 1 radical (unpaired) electrons. The highest BCUT2D eigenvalue weighted by Crippen LogP contribution is 2.45. The fourth-order valence-corrected chi connectivity index (χ4v) is 5.99. The van der Waals surface area contributed by atoms with Crippen molar-refractivity contribution in [1.29, 1.82) is 0 Å². The van der Waals surface area contributed by atoms with Crippen molar-refractivity contribution in [2.24, 2.45) is 0 Å². The van der Waals surface area contributed by atoms with E-state index in [1.807, 2.05) is 6.20 Å². The molecule has 0 spiro atoms. The van der Waals surface area contributed by atoms with Gasteiger partial charge >= 0.3 is 6.18 Å². The van der Waals surface area contributed by atoms with E-state index >= 15 is 0 Å². The molecular weight excluding hydrogens is 459 g/mol. The number of anilines is 1. The molecule has 2 aromatic heterocycles. The Kier molecular flexibility index (Phi) is 6.57. The van der Waals surface area contributed by atoms with Crippen molar-refractivity contribution in [3.05, 3.63) is 47.9 Å². The maximum absolute atomic E-state index is 13.5. The Bertz CT molecular complexity index is 1130. The molecule has 5 rings (SSSR count). The number of piperazine rings is 1. The molecule has 0 amide bonds. The standard InChI is InChI=1S/C25H27F3N5S/c1-32-10-12-33(13-11-32)24-31-21(18-8-5-9-19(14-18)25(26,27)28)23(34-24)22-20(15-29-16-30-22)17-6-3-2-4-7-17/h5,8-9,14-15,17H,2-4,6-7,10-13H2,1H3. The molecule has 1 saturated heterocycles. The van der Waals surface area contributed by atoms with Crippen LogP contribution < -0.4 is 4.90 Å². The Hall–Kier alpha value is -2.52. The second-order valence-electron chi connectivity index (χ2n) is 9.15. The molecule has 1 aliphatic heterocycles. The third-order valence-electron chi connectivity index (χ3n) is 6.81. The second-order valence-corrected chi connectivity index (χ2v) is 10.1. The van der Waals surface area contributed by atoms with Crippen LogP contribution in [-0.2, 0) is 6.18 Å². The summed E-state index contributed by atoms with van der Waals surface area (Å²) in [6.45, 7) is 3.50. The largest absolute Gasteiger partial charge is 0.416 e. The molecule has 34 heavy (non-hydrogen) atoms. The van der Waals surface area contributed by atoms with Crippen molar-refractivity contribution in [3.63, 3.8) is 0 Å². The highest BCUT2D eigenvalue weighted by Gasteiger charge is 2.32. The molecule has 1 aliphatic carbocycles. The van der Waals surface area contributed by atoms with Crippen LogP contribution in [0.25, 0.3) is 21.8 Å². The van der Waals surface area contributed by atoms with E-state index in [2.05, 4.69) is 33.1 Å². The zero-order valence-electron chi connectivity index (χ0n) is 19.1. The Morgan fingerprint density at radius 3 is 2.53 bits per heavy atom. The van der Waals surface area contributed by atoms with Crippen molar-refractivity contribution in [1.82, 2.24) is 19.9 Å². The number of benzene rings is 1. The van der Waals surface area contributed by atoms with Gasteiger partial charge in [0.1, 0.15) is 0 Å². The number of likely N-dealkylation sites (N-methyl/N-ethyl adjacent to an activating group) is 1. The number of alkyl halides is 3. The van der Waals surface area contributed by atoms with Crippen molar-refractivity contribution in [3.8, 4) is 21.8 Å². The van der Waals surface area contributed by atoms with Gasteiger partial charge < -0.3 is 9.80 Å².